The first-order valence-corrected chi connectivity index (χ1v) is 10.8. The van der Waals surface area contributed by atoms with Crippen LogP contribution in [0.2, 0.25) is 5.02 Å². The molecule has 0 spiro atoms. The Bertz CT molecular complexity index is 926. The largest absolute Gasteiger partial charge is 0.376 e. The number of halogens is 1. The van der Waals surface area contributed by atoms with Crippen LogP contribution in [0.15, 0.2) is 53.4 Å². The summed E-state index contributed by atoms with van der Waals surface area (Å²) in [5.41, 5.74) is 1.74. The minimum Gasteiger partial charge on any atom is -0.376 e. The molecule has 150 valence electrons. The molecule has 2 aromatic carbocycles. The predicted octanol–water partition coefficient (Wildman–Crippen LogP) is 1.74. The standard InChI is InChI=1S/C19H23ClN4O3S/c20-16-6-4-15(5-7-16)14-23-8-10-24(11-9-23)19(25)13-22-17-2-1-3-18(12-17)28(21,26)27/h1-7,12,22H,8-11,13-14H2,(H2,21,26,27). The molecule has 0 atom stereocenters. The molecule has 1 amide bonds. The number of nitrogens with two attached hydrogens (primary N) is 1. The zero-order valence-electron chi connectivity index (χ0n) is 15.3. The molecule has 1 aliphatic heterocycles. The van der Waals surface area contributed by atoms with Crippen molar-refractivity contribution in [2.75, 3.05) is 38.0 Å². The Morgan fingerprint density at radius 3 is 2.39 bits per heavy atom. The van der Waals surface area contributed by atoms with Crippen LogP contribution in [-0.2, 0) is 21.4 Å². The quantitative estimate of drug-likeness (QED) is 0.739. The number of nitrogens with zero attached hydrogens (tertiary/aromatic N) is 2. The van der Waals surface area contributed by atoms with Crippen molar-refractivity contribution in [3.05, 3.63) is 59.1 Å². The number of rotatable bonds is 6. The van der Waals surface area contributed by atoms with Gasteiger partial charge in [0.15, 0.2) is 0 Å². The van der Waals surface area contributed by atoms with Gasteiger partial charge in [0.05, 0.1) is 11.4 Å². The summed E-state index contributed by atoms with van der Waals surface area (Å²) in [5, 5.41) is 8.83. The average molecular weight is 423 g/mol. The molecule has 9 heteroatoms. The fourth-order valence-electron chi connectivity index (χ4n) is 3.08. The Morgan fingerprint density at radius 2 is 1.75 bits per heavy atom. The first-order valence-electron chi connectivity index (χ1n) is 8.92. The molecular formula is C19H23ClN4O3S. The number of amides is 1. The first-order chi connectivity index (χ1) is 13.3. The van der Waals surface area contributed by atoms with Crippen LogP contribution in [0.1, 0.15) is 5.56 Å². The predicted molar refractivity (Wildman–Crippen MR) is 110 cm³/mol. The lowest BCUT2D eigenvalue weighted by Crippen LogP contribution is -2.49. The molecule has 1 saturated heterocycles. The first kappa shape index (κ1) is 20.6. The van der Waals surface area contributed by atoms with E-state index >= 15 is 0 Å². The van der Waals surface area contributed by atoms with Gasteiger partial charge in [-0.3, -0.25) is 9.69 Å². The SMILES string of the molecule is NS(=O)(=O)c1cccc(NCC(=O)N2CCN(Cc3ccc(Cl)cc3)CC2)c1. The van der Waals surface area contributed by atoms with Crippen molar-refractivity contribution in [3.8, 4) is 0 Å². The topological polar surface area (TPSA) is 95.7 Å². The Hall–Kier alpha value is -2.13. The molecular weight excluding hydrogens is 400 g/mol. The van der Waals surface area contributed by atoms with Gasteiger partial charge in [0.25, 0.3) is 0 Å². The molecule has 3 rings (SSSR count). The maximum absolute atomic E-state index is 12.4. The van der Waals surface area contributed by atoms with E-state index in [4.69, 9.17) is 16.7 Å². The molecule has 0 bridgehead atoms. The third kappa shape index (κ3) is 5.68. The van der Waals surface area contributed by atoms with Crippen LogP contribution in [0.4, 0.5) is 5.69 Å². The molecule has 3 N–H and O–H groups in total. The average Bonchev–Trinajstić information content (AvgIpc) is 2.68. The number of primary sulfonamides is 1. The summed E-state index contributed by atoms with van der Waals surface area (Å²) in [6, 6.07) is 13.9. The van der Waals surface area contributed by atoms with Crippen LogP contribution in [-0.4, -0.2) is 56.8 Å². The van der Waals surface area contributed by atoms with E-state index in [0.717, 1.165) is 24.7 Å². The lowest BCUT2D eigenvalue weighted by molar-refractivity contribution is -0.131. The van der Waals surface area contributed by atoms with Gasteiger partial charge >= 0.3 is 0 Å². The molecule has 0 unspecified atom stereocenters. The Morgan fingerprint density at radius 1 is 1.07 bits per heavy atom. The zero-order chi connectivity index (χ0) is 20.1. The third-order valence-electron chi connectivity index (χ3n) is 4.65. The summed E-state index contributed by atoms with van der Waals surface area (Å²) >= 11 is 5.91. The van der Waals surface area contributed by atoms with Gasteiger partial charge < -0.3 is 10.2 Å². The van der Waals surface area contributed by atoms with E-state index in [-0.39, 0.29) is 17.3 Å². The van der Waals surface area contributed by atoms with E-state index in [0.29, 0.717) is 18.8 Å². The Labute approximate surface area is 170 Å². The number of hydrogen-bond acceptors (Lipinski definition) is 5. The Balaban J connectivity index is 1.47. The van der Waals surface area contributed by atoms with E-state index in [1.807, 2.05) is 29.2 Å². The number of carbonyl (C=O) groups is 1. The lowest BCUT2D eigenvalue weighted by atomic mass is 10.2. The van der Waals surface area contributed by atoms with Crippen molar-refractivity contribution < 1.29 is 13.2 Å². The highest BCUT2D eigenvalue weighted by molar-refractivity contribution is 7.89. The van der Waals surface area contributed by atoms with Crippen molar-refractivity contribution >= 4 is 33.2 Å². The van der Waals surface area contributed by atoms with Crippen molar-refractivity contribution in [3.63, 3.8) is 0 Å². The number of benzene rings is 2. The monoisotopic (exact) mass is 422 g/mol. The van der Waals surface area contributed by atoms with Crippen LogP contribution >= 0.6 is 11.6 Å². The molecule has 0 saturated carbocycles. The van der Waals surface area contributed by atoms with Crippen molar-refractivity contribution in [2.24, 2.45) is 5.14 Å². The summed E-state index contributed by atoms with van der Waals surface area (Å²) < 4.78 is 22.8. The van der Waals surface area contributed by atoms with Crippen molar-refractivity contribution in [1.29, 1.82) is 0 Å². The van der Waals surface area contributed by atoms with Gasteiger partial charge in [0.1, 0.15) is 0 Å². The highest BCUT2D eigenvalue weighted by atomic mass is 35.5. The molecule has 0 aliphatic carbocycles. The van der Waals surface area contributed by atoms with E-state index in [1.165, 1.54) is 17.7 Å². The van der Waals surface area contributed by atoms with Crippen LogP contribution in [0.3, 0.4) is 0 Å². The van der Waals surface area contributed by atoms with Gasteiger partial charge in [-0.1, -0.05) is 29.8 Å². The second-order valence-corrected chi connectivity index (χ2v) is 8.71. The van der Waals surface area contributed by atoms with E-state index in [1.54, 1.807) is 12.1 Å². The van der Waals surface area contributed by atoms with Crippen molar-refractivity contribution in [2.45, 2.75) is 11.4 Å². The minimum atomic E-state index is -3.77. The molecule has 1 aliphatic rings. The minimum absolute atomic E-state index is 0.0146. The number of carbonyl (C=O) groups excluding carboxylic acids is 1. The van der Waals surface area contributed by atoms with Gasteiger partial charge in [-0.15, -0.1) is 0 Å². The molecule has 1 fully saturated rings. The lowest BCUT2D eigenvalue weighted by Gasteiger charge is -2.34. The number of anilines is 1. The zero-order valence-corrected chi connectivity index (χ0v) is 16.9. The highest BCUT2D eigenvalue weighted by Crippen LogP contribution is 2.15. The normalized spacial score (nSPS) is 15.4. The van der Waals surface area contributed by atoms with Crippen LogP contribution < -0.4 is 10.5 Å². The molecule has 1 heterocycles. The fraction of sp³-hybridized carbons (Fsp3) is 0.316. The maximum Gasteiger partial charge on any atom is 0.241 e. The second-order valence-electron chi connectivity index (χ2n) is 6.71. The fourth-order valence-corrected chi connectivity index (χ4v) is 3.76. The van der Waals surface area contributed by atoms with Gasteiger partial charge in [-0.25, -0.2) is 13.6 Å². The maximum atomic E-state index is 12.4. The summed E-state index contributed by atoms with van der Waals surface area (Å²) in [6.45, 7) is 3.85. The van der Waals surface area contributed by atoms with Crippen molar-refractivity contribution in [1.82, 2.24) is 9.80 Å². The van der Waals surface area contributed by atoms with Crippen LogP contribution in [0.5, 0.6) is 0 Å². The van der Waals surface area contributed by atoms with E-state index in [2.05, 4.69) is 10.2 Å². The summed E-state index contributed by atoms with van der Waals surface area (Å²) in [4.78, 5) is 16.6. The van der Waals surface area contributed by atoms with Gasteiger partial charge in [0, 0.05) is 43.4 Å². The Kier molecular flexibility index (Phi) is 6.56. The van der Waals surface area contributed by atoms with Crippen LogP contribution in [0, 0.1) is 0 Å². The van der Waals surface area contributed by atoms with Gasteiger partial charge in [-0.2, -0.15) is 0 Å². The summed E-state index contributed by atoms with van der Waals surface area (Å²) in [6.07, 6.45) is 0. The van der Waals surface area contributed by atoms with Gasteiger partial charge in [0.2, 0.25) is 15.9 Å². The number of nitrogens with one attached hydrogen (secondary N) is 1. The summed E-state index contributed by atoms with van der Waals surface area (Å²) in [5.74, 6) is -0.0212. The molecule has 0 aromatic heterocycles. The van der Waals surface area contributed by atoms with Gasteiger partial charge in [-0.05, 0) is 35.9 Å². The molecule has 28 heavy (non-hydrogen) atoms. The van der Waals surface area contributed by atoms with E-state index in [9.17, 15) is 13.2 Å². The number of hydrogen-bond donors (Lipinski definition) is 2. The smallest absolute Gasteiger partial charge is 0.241 e. The number of sulfonamides is 1. The second kappa shape index (κ2) is 8.91. The highest BCUT2D eigenvalue weighted by Gasteiger charge is 2.21. The third-order valence-corrected chi connectivity index (χ3v) is 5.81. The van der Waals surface area contributed by atoms with E-state index < -0.39 is 10.0 Å². The molecule has 2 aromatic rings. The number of piperazine rings is 1. The summed E-state index contributed by atoms with van der Waals surface area (Å²) in [7, 11) is -3.77. The van der Waals surface area contributed by atoms with Crippen LogP contribution in [0.25, 0.3) is 0 Å². The molecule has 0 radical (unpaired) electrons. The molecule has 7 nitrogen and oxygen atoms in total.